The van der Waals surface area contributed by atoms with Crippen LogP contribution in [-0.4, -0.2) is 204 Å². The van der Waals surface area contributed by atoms with Crippen molar-refractivity contribution in [2.24, 2.45) is 5.92 Å². The third kappa shape index (κ3) is 36.0. The Kier molecular flexibility index (Phi) is 48.2. The first-order chi connectivity index (χ1) is 46.2. The molecule has 0 amide bonds. The molecule has 0 radical (unpaired) electrons. The van der Waals surface area contributed by atoms with E-state index in [0.717, 1.165) is 89.9 Å². The minimum Gasteiger partial charge on any atom is -0.463 e. The summed E-state index contributed by atoms with van der Waals surface area (Å²) < 4.78 is 65.0. The Balaban J connectivity index is 1.74. The van der Waals surface area contributed by atoms with Crippen LogP contribution < -0.4 is 0 Å². The zero-order chi connectivity index (χ0) is 70.5. The minimum absolute atomic E-state index is 0.0291. The fourth-order valence-corrected chi connectivity index (χ4v) is 13.4. The molecule has 2 aliphatic heterocycles. The summed E-state index contributed by atoms with van der Waals surface area (Å²) >= 11 is 0. The molecule has 96 heavy (non-hydrogen) atoms. The first-order valence-electron chi connectivity index (χ1n) is 37.4. The number of aliphatic hydroxyl groups is 10. The summed E-state index contributed by atoms with van der Waals surface area (Å²) in [6.07, 6.45) is 8.71. The van der Waals surface area contributed by atoms with Crippen molar-refractivity contribution >= 4 is 25.7 Å². The topological polar surface area (TPSA) is 374 Å². The summed E-state index contributed by atoms with van der Waals surface area (Å²) in [6, 6.07) is 0. The molecule has 24 nitrogen and oxygen atoms in total. The molecule has 0 spiro atoms. The van der Waals surface area contributed by atoms with Gasteiger partial charge in [0.05, 0.1) is 13.2 Å². The molecule has 0 bridgehead atoms. The molecule has 2 heterocycles. The lowest BCUT2D eigenvalue weighted by molar-refractivity contribution is -0.360. The molecule has 3 rings (SSSR count). The van der Waals surface area contributed by atoms with Gasteiger partial charge >= 0.3 is 25.7 Å². The first kappa shape index (κ1) is 87.9. The van der Waals surface area contributed by atoms with E-state index in [0.29, 0.717) is 31.6 Å². The summed E-state index contributed by atoms with van der Waals surface area (Å²) in [7, 11) is -5.70. The molecule has 25 heteroatoms. The molecule has 0 aromatic carbocycles. The van der Waals surface area contributed by atoms with Crippen LogP contribution in [0.1, 0.15) is 285 Å². The van der Waals surface area contributed by atoms with Crippen LogP contribution >= 0.6 is 7.82 Å². The van der Waals surface area contributed by atoms with Crippen LogP contribution in [-0.2, 0) is 61.2 Å². The summed E-state index contributed by atoms with van der Waals surface area (Å²) in [5.41, 5.74) is 0. The van der Waals surface area contributed by atoms with E-state index >= 15 is 0 Å². The van der Waals surface area contributed by atoms with Crippen LogP contribution in [0.3, 0.4) is 0 Å². The van der Waals surface area contributed by atoms with Gasteiger partial charge in [-0.15, -0.1) is 0 Å². The van der Waals surface area contributed by atoms with Crippen molar-refractivity contribution in [3.8, 4) is 0 Å². The Morgan fingerprint density at radius 3 is 1.24 bits per heavy atom. The zero-order valence-electron chi connectivity index (χ0n) is 58.8. The summed E-state index contributed by atoms with van der Waals surface area (Å²) in [4.78, 5) is 50.9. The van der Waals surface area contributed by atoms with Gasteiger partial charge < -0.3 is 89.1 Å². The third-order valence-electron chi connectivity index (χ3n) is 18.7. The van der Waals surface area contributed by atoms with E-state index in [9.17, 15) is 74.9 Å². The number of allylic oxidation sites excluding steroid dienone is 2. The van der Waals surface area contributed by atoms with Crippen molar-refractivity contribution in [1.82, 2.24) is 0 Å². The highest BCUT2D eigenvalue weighted by atomic mass is 31.2. The van der Waals surface area contributed by atoms with Crippen LogP contribution in [0.25, 0.3) is 0 Å². The number of ether oxygens (including phenoxy) is 7. The van der Waals surface area contributed by atoms with Crippen molar-refractivity contribution in [3.63, 3.8) is 0 Å². The number of phosphoric acid groups is 1. The molecule has 3 fully saturated rings. The van der Waals surface area contributed by atoms with E-state index in [1.165, 1.54) is 122 Å². The maximum Gasteiger partial charge on any atom is 0.472 e. The second-order valence-electron chi connectivity index (χ2n) is 27.3. The average molecular weight is 1400 g/mol. The minimum atomic E-state index is -5.70. The molecule has 564 valence electrons. The van der Waals surface area contributed by atoms with Crippen molar-refractivity contribution in [2.45, 2.75) is 389 Å². The highest BCUT2D eigenvalue weighted by Crippen LogP contribution is 2.49. The number of phosphoric ester groups is 1. The standard InChI is InChI=1S/C71H131O24P/c1-5-8-11-14-17-19-21-23-25-27-29-36-41-46-57(75)90-52(48-87-55(73)44-39-34-28-26-24-22-20-18-15-12-9-6-2)49-89-96(85,86)95-69-67(93-70-65(83)60(78)58(76)53(47-72)91-70)63(81)62(80)64(82)68(69)94-71-66(84)61(79)59(77)54(92-71)50-88-56(74)45-40-35-31-30-33-38-43-51(4)42-37-32-16-13-10-7-3/h23,25,51-54,58-72,76-84H,5-22,24,26-50H2,1-4H3,(H,85,86)/b25-23-. The zero-order valence-corrected chi connectivity index (χ0v) is 59.7. The van der Waals surface area contributed by atoms with Gasteiger partial charge in [-0.3, -0.25) is 23.4 Å². The van der Waals surface area contributed by atoms with E-state index in [1.807, 2.05) is 0 Å². The fraction of sp³-hybridized carbons (Fsp3) is 0.930. The Labute approximate surface area is 573 Å². The largest absolute Gasteiger partial charge is 0.472 e. The molecule has 19 atom stereocenters. The molecule has 11 N–H and O–H groups in total. The number of carbonyl (C=O) groups is 3. The first-order valence-corrected chi connectivity index (χ1v) is 38.9. The van der Waals surface area contributed by atoms with E-state index in [2.05, 4.69) is 39.8 Å². The Bertz CT molecular complexity index is 2060. The van der Waals surface area contributed by atoms with Crippen molar-refractivity contribution in [2.75, 3.05) is 26.4 Å². The van der Waals surface area contributed by atoms with Crippen LogP contribution in [0.5, 0.6) is 0 Å². The summed E-state index contributed by atoms with van der Waals surface area (Å²) in [5.74, 6) is -1.31. The molecule has 3 aliphatic rings. The number of rotatable bonds is 57. The van der Waals surface area contributed by atoms with Gasteiger partial charge in [0.2, 0.25) is 0 Å². The molecule has 19 unspecified atom stereocenters. The molecule has 0 aromatic heterocycles. The van der Waals surface area contributed by atoms with Gasteiger partial charge in [0.1, 0.15) is 98.7 Å². The fourth-order valence-electron chi connectivity index (χ4n) is 12.5. The van der Waals surface area contributed by atoms with Gasteiger partial charge in [0.25, 0.3) is 0 Å². The van der Waals surface area contributed by atoms with Crippen LogP contribution in [0, 0.1) is 5.92 Å². The van der Waals surface area contributed by atoms with E-state index in [1.54, 1.807) is 0 Å². The molecule has 1 saturated carbocycles. The van der Waals surface area contributed by atoms with Crippen LogP contribution in [0.2, 0.25) is 0 Å². The number of esters is 3. The maximum absolute atomic E-state index is 14.3. The second-order valence-corrected chi connectivity index (χ2v) is 28.7. The number of hydrogen-bond donors (Lipinski definition) is 11. The van der Waals surface area contributed by atoms with E-state index < -0.39 is 156 Å². The van der Waals surface area contributed by atoms with Gasteiger partial charge in [-0.05, 0) is 50.9 Å². The summed E-state index contributed by atoms with van der Waals surface area (Å²) in [6.45, 7) is 5.73. The normalized spacial score (nSPS) is 28.3. The van der Waals surface area contributed by atoms with Crippen LogP contribution in [0.4, 0.5) is 0 Å². The lowest BCUT2D eigenvalue weighted by Crippen LogP contribution is -2.69. The number of hydrogen-bond acceptors (Lipinski definition) is 23. The number of aliphatic hydroxyl groups excluding tert-OH is 10. The molecular formula is C71H131O24P. The SMILES string of the molecule is CCCCCCCC/C=C\CCCCCC(=O)OC(COC(=O)CCCCCCCCCCCCCC)COP(=O)(O)OC1C(OC2OC(CO)C(O)C(O)C2O)C(O)C(O)C(O)C1OC1OC(COC(=O)CCCCCCCCC(C)CCCCCCCC)C(O)C(O)C1O. The number of carbonyl (C=O) groups excluding carboxylic acids is 3. The van der Waals surface area contributed by atoms with Gasteiger partial charge in [0.15, 0.2) is 18.7 Å². The molecule has 2 saturated heterocycles. The van der Waals surface area contributed by atoms with E-state index in [-0.39, 0.29) is 19.3 Å². The second kappa shape index (κ2) is 52.6. The highest BCUT2D eigenvalue weighted by Gasteiger charge is 2.58. The number of unbranched alkanes of at least 4 members (excludes halogenated alkanes) is 30. The molecule has 0 aromatic rings. The lowest BCUT2D eigenvalue weighted by atomic mass is 9.84. The lowest BCUT2D eigenvalue weighted by Gasteiger charge is -2.49. The predicted octanol–water partition coefficient (Wildman–Crippen LogP) is 9.82. The van der Waals surface area contributed by atoms with Gasteiger partial charge in [0, 0.05) is 19.3 Å². The van der Waals surface area contributed by atoms with Gasteiger partial charge in [-0.25, -0.2) is 4.57 Å². The monoisotopic (exact) mass is 1400 g/mol. The van der Waals surface area contributed by atoms with Crippen molar-refractivity contribution in [1.29, 1.82) is 0 Å². The predicted molar refractivity (Wildman–Crippen MR) is 361 cm³/mol. The van der Waals surface area contributed by atoms with Gasteiger partial charge in [-0.2, -0.15) is 0 Å². The smallest absolute Gasteiger partial charge is 0.463 e. The maximum atomic E-state index is 14.3. The molecule has 1 aliphatic carbocycles. The van der Waals surface area contributed by atoms with E-state index in [4.69, 9.17) is 42.2 Å². The third-order valence-corrected chi connectivity index (χ3v) is 19.7. The van der Waals surface area contributed by atoms with Gasteiger partial charge in [-0.1, -0.05) is 232 Å². The quantitative estimate of drug-likeness (QED) is 0.00886. The Morgan fingerprint density at radius 1 is 0.427 bits per heavy atom. The summed E-state index contributed by atoms with van der Waals surface area (Å²) in [5, 5.41) is 110. The van der Waals surface area contributed by atoms with Crippen molar-refractivity contribution in [3.05, 3.63) is 12.2 Å². The highest BCUT2D eigenvalue weighted by molar-refractivity contribution is 7.47. The van der Waals surface area contributed by atoms with Crippen LogP contribution in [0.15, 0.2) is 12.2 Å². The Hall–Kier alpha value is -2.30. The molecular weight excluding hydrogens is 1270 g/mol. The average Bonchev–Trinajstić information content (AvgIpc) is 0.764. The Morgan fingerprint density at radius 2 is 0.792 bits per heavy atom. The van der Waals surface area contributed by atoms with Crippen molar-refractivity contribution < 1.29 is 117 Å².